The zero-order valence-electron chi connectivity index (χ0n) is 19.2. The Bertz CT molecular complexity index is 1380. The summed E-state index contributed by atoms with van der Waals surface area (Å²) in [6.07, 6.45) is 2.87. The maximum Gasteiger partial charge on any atom is 0.255 e. The van der Waals surface area contributed by atoms with Gasteiger partial charge in [0.2, 0.25) is 11.8 Å². The van der Waals surface area contributed by atoms with Crippen molar-refractivity contribution in [2.45, 2.75) is 25.3 Å². The summed E-state index contributed by atoms with van der Waals surface area (Å²) < 4.78 is 0. The number of rotatable bonds is 7. The van der Waals surface area contributed by atoms with Crippen molar-refractivity contribution in [3.63, 3.8) is 0 Å². The van der Waals surface area contributed by atoms with E-state index >= 15 is 0 Å². The highest BCUT2D eigenvalue weighted by Gasteiger charge is 2.38. The number of aryl methyl sites for hydroxylation is 1. The minimum atomic E-state index is -0.348. The molecule has 3 amide bonds. The lowest BCUT2D eigenvalue weighted by atomic mass is 9.97. The average molecular weight is 467 g/mol. The molecule has 3 aromatic carbocycles. The SMILES string of the molecule is O=C(CCc1ccccc1)NNC(=O)CCN1C(=O)c2ccccc2C1c1c[nH]c2ccccc12. The number of hydrogen-bond donors (Lipinski definition) is 3. The lowest BCUT2D eigenvalue weighted by Crippen LogP contribution is -2.43. The Balaban J connectivity index is 1.23. The molecule has 0 bridgehead atoms. The summed E-state index contributed by atoms with van der Waals surface area (Å²) in [6.45, 7) is 0.226. The maximum absolute atomic E-state index is 13.3. The van der Waals surface area contributed by atoms with E-state index in [-0.39, 0.29) is 43.1 Å². The Hall–Kier alpha value is -4.39. The predicted octanol–water partition coefficient (Wildman–Crippen LogP) is 3.88. The van der Waals surface area contributed by atoms with Crippen LogP contribution < -0.4 is 10.9 Å². The molecule has 7 nitrogen and oxygen atoms in total. The first-order chi connectivity index (χ1) is 17.1. The van der Waals surface area contributed by atoms with Gasteiger partial charge < -0.3 is 9.88 Å². The number of para-hydroxylation sites is 1. The van der Waals surface area contributed by atoms with Crippen LogP contribution in [0.1, 0.15) is 45.9 Å². The van der Waals surface area contributed by atoms with Crippen LogP contribution in [0.4, 0.5) is 0 Å². The summed E-state index contributed by atoms with van der Waals surface area (Å²) in [4.78, 5) is 42.9. The van der Waals surface area contributed by atoms with Crippen LogP contribution in [0.3, 0.4) is 0 Å². The fraction of sp³-hybridized carbons (Fsp3) is 0.179. The minimum absolute atomic E-state index is 0.0670. The van der Waals surface area contributed by atoms with Crippen molar-refractivity contribution in [1.29, 1.82) is 0 Å². The first-order valence-electron chi connectivity index (χ1n) is 11.7. The van der Waals surface area contributed by atoms with Gasteiger partial charge in [0.05, 0.1) is 6.04 Å². The van der Waals surface area contributed by atoms with Crippen molar-refractivity contribution in [2.24, 2.45) is 0 Å². The van der Waals surface area contributed by atoms with Crippen molar-refractivity contribution in [3.05, 3.63) is 107 Å². The van der Waals surface area contributed by atoms with Gasteiger partial charge in [0.1, 0.15) is 0 Å². The number of nitrogens with one attached hydrogen (secondary N) is 3. The second-order valence-corrected chi connectivity index (χ2v) is 8.61. The Kier molecular flexibility index (Phi) is 6.30. The normalized spacial score (nSPS) is 14.7. The number of fused-ring (bicyclic) bond motifs is 2. The largest absolute Gasteiger partial charge is 0.361 e. The van der Waals surface area contributed by atoms with Crippen LogP contribution in [0.5, 0.6) is 0 Å². The van der Waals surface area contributed by atoms with Gasteiger partial charge in [0, 0.05) is 47.6 Å². The molecule has 1 atom stereocenters. The third kappa shape index (κ3) is 4.66. The molecule has 5 rings (SSSR count). The van der Waals surface area contributed by atoms with Crippen LogP contribution in [-0.4, -0.2) is 34.2 Å². The number of nitrogens with zero attached hydrogens (tertiary/aromatic N) is 1. The minimum Gasteiger partial charge on any atom is -0.361 e. The van der Waals surface area contributed by atoms with Gasteiger partial charge in [-0.05, 0) is 29.7 Å². The fourth-order valence-corrected chi connectivity index (χ4v) is 4.65. The van der Waals surface area contributed by atoms with Gasteiger partial charge in [-0.1, -0.05) is 66.7 Å². The lowest BCUT2D eigenvalue weighted by molar-refractivity contribution is -0.129. The van der Waals surface area contributed by atoms with E-state index in [1.807, 2.05) is 85.1 Å². The first kappa shape index (κ1) is 22.4. The smallest absolute Gasteiger partial charge is 0.255 e. The number of hydrazine groups is 1. The van der Waals surface area contributed by atoms with E-state index in [9.17, 15) is 14.4 Å². The van der Waals surface area contributed by atoms with E-state index in [2.05, 4.69) is 15.8 Å². The highest BCUT2D eigenvalue weighted by Crippen LogP contribution is 2.41. The van der Waals surface area contributed by atoms with Gasteiger partial charge in [-0.2, -0.15) is 0 Å². The van der Waals surface area contributed by atoms with Crippen LogP contribution in [0.15, 0.2) is 85.1 Å². The van der Waals surface area contributed by atoms with Gasteiger partial charge >= 0.3 is 0 Å². The molecule has 1 unspecified atom stereocenters. The zero-order chi connectivity index (χ0) is 24.2. The molecule has 0 spiro atoms. The third-order valence-electron chi connectivity index (χ3n) is 6.38. The van der Waals surface area contributed by atoms with Crippen LogP contribution >= 0.6 is 0 Å². The first-order valence-corrected chi connectivity index (χ1v) is 11.7. The molecule has 176 valence electrons. The number of benzene rings is 3. The summed E-state index contributed by atoms with van der Waals surface area (Å²) in [7, 11) is 0. The van der Waals surface area contributed by atoms with Gasteiger partial charge in [-0.3, -0.25) is 25.2 Å². The van der Waals surface area contributed by atoms with E-state index in [4.69, 9.17) is 0 Å². The molecule has 1 aromatic heterocycles. The van der Waals surface area contributed by atoms with Crippen molar-refractivity contribution in [2.75, 3.05) is 6.54 Å². The van der Waals surface area contributed by atoms with Crippen molar-refractivity contribution >= 4 is 28.6 Å². The molecule has 1 aliphatic rings. The number of H-pyrrole nitrogens is 1. The Morgan fingerprint density at radius 3 is 2.31 bits per heavy atom. The molecule has 35 heavy (non-hydrogen) atoms. The van der Waals surface area contributed by atoms with Crippen LogP contribution in [-0.2, 0) is 16.0 Å². The van der Waals surface area contributed by atoms with E-state index in [0.717, 1.165) is 27.6 Å². The highest BCUT2D eigenvalue weighted by molar-refractivity contribution is 6.01. The van der Waals surface area contributed by atoms with Crippen LogP contribution in [0.25, 0.3) is 10.9 Å². The maximum atomic E-state index is 13.3. The average Bonchev–Trinajstić information content (AvgIpc) is 3.44. The molecule has 3 N–H and O–H groups in total. The van der Waals surface area contributed by atoms with Gasteiger partial charge in [-0.25, -0.2) is 0 Å². The number of aromatic nitrogens is 1. The van der Waals surface area contributed by atoms with Crippen LogP contribution in [0, 0.1) is 0 Å². The molecule has 0 fully saturated rings. The number of amides is 3. The Labute approximate surface area is 203 Å². The molecule has 7 heteroatoms. The highest BCUT2D eigenvalue weighted by atomic mass is 16.2. The standard InChI is InChI=1S/C28H26N4O3/c33-25(15-14-19-8-2-1-3-9-19)30-31-26(34)16-17-32-27(21-11-4-5-12-22(21)28(32)35)23-18-29-24-13-7-6-10-20(23)24/h1-13,18,27,29H,14-17H2,(H,30,33)(H,31,34). The van der Waals surface area contributed by atoms with Crippen molar-refractivity contribution < 1.29 is 14.4 Å². The van der Waals surface area contributed by atoms with Crippen LogP contribution in [0.2, 0.25) is 0 Å². The van der Waals surface area contributed by atoms with Crippen molar-refractivity contribution in [3.8, 4) is 0 Å². The summed E-state index contributed by atoms with van der Waals surface area (Å²) >= 11 is 0. The quantitative estimate of drug-likeness (QED) is 0.361. The molecular formula is C28H26N4O3. The fourth-order valence-electron chi connectivity index (χ4n) is 4.65. The van der Waals surface area contributed by atoms with E-state index < -0.39 is 0 Å². The van der Waals surface area contributed by atoms with Crippen molar-refractivity contribution in [1.82, 2.24) is 20.7 Å². The Morgan fingerprint density at radius 1 is 0.800 bits per heavy atom. The monoisotopic (exact) mass is 466 g/mol. The zero-order valence-corrected chi connectivity index (χ0v) is 19.2. The van der Waals surface area contributed by atoms with E-state index in [1.54, 1.807) is 4.90 Å². The van der Waals surface area contributed by atoms with E-state index in [1.165, 1.54) is 0 Å². The number of carbonyl (C=O) groups is 3. The molecule has 1 aliphatic heterocycles. The molecule has 0 saturated heterocycles. The summed E-state index contributed by atoms with van der Waals surface area (Å²) in [5.74, 6) is -0.710. The lowest BCUT2D eigenvalue weighted by Gasteiger charge is -2.25. The number of aromatic amines is 1. The second kappa shape index (κ2) is 9.85. The molecule has 4 aromatic rings. The second-order valence-electron chi connectivity index (χ2n) is 8.61. The third-order valence-corrected chi connectivity index (χ3v) is 6.38. The predicted molar refractivity (Wildman–Crippen MR) is 133 cm³/mol. The summed E-state index contributed by atoms with van der Waals surface area (Å²) in [5, 5.41) is 1.04. The molecule has 0 aliphatic carbocycles. The molecular weight excluding hydrogens is 440 g/mol. The topological polar surface area (TPSA) is 94.3 Å². The molecule has 0 saturated carbocycles. The van der Waals surface area contributed by atoms with E-state index in [0.29, 0.717) is 12.0 Å². The number of hydrogen-bond acceptors (Lipinski definition) is 3. The summed E-state index contributed by atoms with van der Waals surface area (Å²) in [5.41, 5.74) is 9.57. The van der Waals surface area contributed by atoms with Gasteiger partial charge in [0.15, 0.2) is 0 Å². The Morgan fingerprint density at radius 2 is 1.49 bits per heavy atom. The number of carbonyl (C=O) groups excluding carboxylic acids is 3. The molecule has 2 heterocycles. The molecule has 0 radical (unpaired) electrons. The summed E-state index contributed by atoms with van der Waals surface area (Å²) in [6, 6.07) is 24.9. The van der Waals surface area contributed by atoms with Gasteiger partial charge in [-0.15, -0.1) is 0 Å². The van der Waals surface area contributed by atoms with Gasteiger partial charge in [0.25, 0.3) is 5.91 Å².